The Morgan fingerprint density at radius 1 is 1.03 bits per heavy atom. The van der Waals surface area contributed by atoms with Gasteiger partial charge in [-0.1, -0.05) is 0 Å². The van der Waals surface area contributed by atoms with Crippen LogP contribution in [0, 0.1) is 31.3 Å². The second-order valence-corrected chi connectivity index (χ2v) is 8.13. The molecule has 1 aliphatic heterocycles. The summed E-state index contributed by atoms with van der Waals surface area (Å²) in [6.07, 6.45) is 8.40. The second-order valence-electron chi connectivity index (χ2n) is 8.13. The first-order chi connectivity index (χ1) is 15.9. The van der Waals surface area contributed by atoms with Gasteiger partial charge in [-0.25, -0.2) is 27.8 Å². The van der Waals surface area contributed by atoms with E-state index in [9.17, 15) is 13.2 Å². The van der Waals surface area contributed by atoms with Gasteiger partial charge in [-0.2, -0.15) is 5.10 Å². The van der Waals surface area contributed by atoms with Gasteiger partial charge >= 0.3 is 0 Å². The predicted molar refractivity (Wildman–Crippen MR) is 117 cm³/mol. The lowest BCUT2D eigenvalue weighted by molar-refractivity contribution is 0.421. The molecule has 0 amide bonds. The average Bonchev–Trinajstić information content (AvgIpc) is 3.38. The Labute approximate surface area is 188 Å². The Balaban J connectivity index is 1.42. The minimum Gasteiger partial charge on any atom is -0.304 e. The fourth-order valence-electron chi connectivity index (χ4n) is 4.25. The molecular formula is C24H21F3N6. The van der Waals surface area contributed by atoms with E-state index in [0.717, 1.165) is 22.8 Å². The zero-order valence-corrected chi connectivity index (χ0v) is 18.1. The number of rotatable bonds is 4. The molecule has 33 heavy (non-hydrogen) atoms. The van der Waals surface area contributed by atoms with Gasteiger partial charge in [0.2, 0.25) is 0 Å². The summed E-state index contributed by atoms with van der Waals surface area (Å²) >= 11 is 0. The minimum atomic E-state index is -0.938. The zero-order chi connectivity index (χ0) is 23.1. The summed E-state index contributed by atoms with van der Waals surface area (Å²) in [5.74, 6) is -2.47. The van der Waals surface area contributed by atoms with Crippen molar-refractivity contribution in [1.29, 1.82) is 0 Å². The van der Waals surface area contributed by atoms with Crippen LogP contribution in [0.25, 0.3) is 17.8 Å². The molecule has 0 spiro atoms. The Bertz CT molecular complexity index is 1350. The molecule has 1 aliphatic rings. The van der Waals surface area contributed by atoms with Crippen LogP contribution in [0.4, 0.5) is 13.2 Å². The monoisotopic (exact) mass is 450 g/mol. The van der Waals surface area contributed by atoms with Crippen molar-refractivity contribution in [2.75, 3.05) is 0 Å². The van der Waals surface area contributed by atoms with Crippen molar-refractivity contribution in [3.05, 3.63) is 88.5 Å². The molecule has 0 saturated carbocycles. The van der Waals surface area contributed by atoms with E-state index in [4.69, 9.17) is 0 Å². The molecule has 0 unspecified atom stereocenters. The molecule has 4 aromatic rings. The maximum atomic E-state index is 14.4. The molecule has 0 N–H and O–H groups in total. The lowest BCUT2D eigenvalue weighted by Crippen LogP contribution is -2.20. The van der Waals surface area contributed by atoms with E-state index in [0.29, 0.717) is 43.2 Å². The summed E-state index contributed by atoms with van der Waals surface area (Å²) in [6, 6.07) is 5.26. The van der Waals surface area contributed by atoms with Crippen molar-refractivity contribution in [2.24, 2.45) is 0 Å². The first kappa shape index (κ1) is 21.1. The molecular weight excluding hydrogens is 429 g/mol. The van der Waals surface area contributed by atoms with Crippen molar-refractivity contribution in [3.8, 4) is 5.69 Å². The molecule has 9 heteroatoms. The third kappa shape index (κ3) is 4.06. The van der Waals surface area contributed by atoms with Crippen LogP contribution < -0.4 is 0 Å². The van der Waals surface area contributed by atoms with E-state index in [1.807, 2.05) is 36.7 Å². The van der Waals surface area contributed by atoms with E-state index in [1.165, 1.54) is 0 Å². The molecule has 5 rings (SSSR count). The van der Waals surface area contributed by atoms with Gasteiger partial charge in [-0.05, 0) is 51.0 Å². The van der Waals surface area contributed by atoms with Gasteiger partial charge in [0.05, 0.1) is 29.1 Å². The number of benzene rings is 1. The topological polar surface area (TPSA) is 61.4 Å². The molecule has 1 aromatic carbocycles. The summed E-state index contributed by atoms with van der Waals surface area (Å²) < 4.78 is 45.7. The number of aromatic nitrogens is 6. The molecule has 1 atom stereocenters. The van der Waals surface area contributed by atoms with Crippen molar-refractivity contribution in [3.63, 3.8) is 0 Å². The molecule has 0 bridgehead atoms. The largest absolute Gasteiger partial charge is 0.304 e. The lowest BCUT2D eigenvalue weighted by atomic mass is 9.90. The molecule has 6 nitrogen and oxygen atoms in total. The number of hydrogen-bond acceptors (Lipinski definition) is 4. The van der Waals surface area contributed by atoms with Crippen molar-refractivity contribution in [1.82, 2.24) is 29.3 Å². The van der Waals surface area contributed by atoms with Crippen LogP contribution in [-0.4, -0.2) is 29.3 Å². The summed E-state index contributed by atoms with van der Waals surface area (Å²) in [4.78, 5) is 13.4. The average molecular weight is 450 g/mol. The fourth-order valence-corrected chi connectivity index (χ4v) is 4.25. The van der Waals surface area contributed by atoms with Gasteiger partial charge in [0.15, 0.2) is 5.82 Å². The van der Waals surface area contributed by atoms with Crippen LogP contribution in [0.1, 0.15) is 53.1 Å². The Morgan fingerprint density at radius 3 is 2.52 bits per heavy atom. The van der Waals surface area contributed by atoms with Crippen LogP contribution in [0.3, 0.4) is 0 Å². The maximum absolute atomic E-state index is 14.4. The van der Waals surface area contributed by atoms with E-state index < -0.39 is 23.4 Å². The van der Waals surface area contributed by atoms with E-state index in [1.54, 1.807) is 23.2 Å². The van der Waals surface area contributed by atoms with E-state index >= 15 is 0 Å². The highest BCUT2D eigenvalue weighted by Gasteiger charge is 2.30. The summed E-state index contributed by atoms with van der Waals surface area (Å²) in [7, 11) is 0. The highest BCUT2D eigenvalue weighted by molar-refractivity contribution is 5.65. The third-order valence-electron chi connectivity index (χ3n) is 5.76. The maximum Gasteiger partial charge on any atom is 0.174 e. The van der Waals surface area contributed by atoms with Gasteiger partial charge < -0.3 is 4.57 Å². The van der Waals surface area contributed by atoms with E-state index in [-0.39, 0.29) is 5.56 Å². The number of aryl methyl sites for hydroxylation is 3. The molecule has 0 saturated heterocycles. The first-order valence-electron chi connectivity index (χ1n) is 10.6. The molecule has 3 aromatic heterocycles. The quantitative estimate of drug-likeness (QED) is 0.440. The van der Waals surface area contributed by atoms with Gasteiger partial charge in [0.1, 0.15) is 23.3 Å². The summed E-state index contributed by atoms with van der Waals surface area (Å²) in [5, 5.41) is 4.47. The Morgan fingerprint density at radius 2 is 1.82 bits per heavy atom. The van der Waals surface area contributed by atoms with Gasteiger partial charge in [-0.15, -0.1) is 0 Å². The normalized spacial score (nSPS) is 15.8. The number of imidazole rings is 1. The zero-order valence-electron chi connectivity index (χ0n) is 18.1. The number of hydrogen-bond donors (Lipinski definition) is 0. The van der Waals surface area contributed by atoms with Crippen molar-refractivity contribution in [2.45, 2.75) is 39.2 Å². The van der Waals surface area contributed by atoms with Crippen LogP contribution >= 0.6 is 0 Å². The van der Waals surface area contributed by atoms with Gasteiger partial charge in [-0.3, -0.25) is 4.98 Å². The molecule has 0 fully saturated rings. The highest BCUT2D eigenvalue weighted by atomic mass is 19.1. The summed E-state index contributed by atoms with van der Waals surface area (Å²) in [5.41, 5.74) is 3.27. The lowest BCUT2D eigenvalue weighted by Gasteiger charge is -2.23. The standard InChI is InChI=1S/C24H21F3N6/c1-14-12-32(13-28-14)21-7-5-17(29-15(21)2)6-8-22-30-24-18(4-3-9-33(24)31-22)23-19(26)10-16(25)11-20(23)27/h5-8,10-13,18H,3-4,9H2,1-2H3/b8-6+/t18-/m0/s1. The molecule has 0 radical (unpaired) electrons. The number of halogens is 3. The fraction of sp³-hybridized carbons (Fsp3) is 0.250. The first-order valence-corrected chi connectivity index (χ1v) is 10.6. The van der Waals surface area contributed by atoms with Crippen molar-refractivity contribution >= 4 is 12.2 Å². The van der Waals surface area contributed by atoms with Gasteiger partial charge in [0, 0.05) is 36.4 Å². The predicted octanol–water partition coefficient (Wildman–Crippen LogP) is 4.99. The Hall–Kier alpha value is -3.75. The van der Waals surface area contributed by atoms with E-state index in [2.05, 4.69) is 20.1 Å². The van der Waals surface area contributed by atoms with Crippen LogP contribution in [0.5, 0.6) is 0 Å². The van der Waals surface area contributed by atoms with Crippen LogP contribution in [0.15, 0.2) is 36.8 Å². The molecule has 0 aliphatic carbocycles. The van der Waals surface area contributed by atoms with Gasteiger partial charge in [0.25, 0.3) is 0 Å². The van der Waals surface area contributed by atoms with Crippen LogP contribution in [0.2, 0.25) is 0 Å². The smallest absolute Gasteiger partial charge is 0.174 e. The SMILES string of the molecule is Cc1cn(-c2ccc(/C=C/c3nc4n(n3)CCC[C@H]4c3c(F)cc(F)cc3F)nc2C)cn1. The second kappa shape index (κ2) is 8.31. The Kier molecular flexibility index (Phi) is 5.32. The summed E-state index contributed by atoms with van der Waals surface area (Å²) in [6.45, 7) is 4.46. The number of pyridine rings is 1. The highest BCUT2D eigenvalue weighted by Crippen LogP contribution is 2.35. The molecule has 4 heterocycles. The number of fused-ring (bicyclic) bond motifs is 1. The van der Waals surface area contributed by atoms with Crippen molar-refractivity contribution < 1.29 is 13.2 Å². The third-order valence-corrected chi connectivity index (χ3v) is 5.76. The van der Waals surface area contributed by atoms with Crippen LogP contribution in [-0.2, 0) is 6.54 Å². The minimum absolute atomic E-state index is 0.164. The molecule has 168 valence electrons. The number of nitrogens with zero attached hydrogens (tertiary/aromatic N) is 6.